The molecule has 1 aromatic carbocycles. The van der Waals surface area contributed by atoms with E-state index in [0.717, 1.165) is 11.3 Å². The van der Waals surface area contributed by atoms with Crippen molar-refractivity contribution < 1.29 is 4.52 Å². The summed E-state index contributed by atoms with van der Waals surface area (Å²) in [5, 5.41) is 11.0. The number of rotatable bonds is 3. The van der Waals surface area contributed by atoms with Crippen molar-refractivity contribution in [3.63, 3.8) is 0 Å². The molecule has 6 heteroatoms. The van der Waals surface area contributed by atoms with Gasteiger partial charge in [0.05, 0.1) is 6.54 Å². The SMILES string of the molecule is Cc1cc(-c2n[nH]c(=S)n2Cc2ccccc2)no1. The molecule has 2 aromatic heterocycles. The zero-order chi connectivity index (χ0) is 13.2. The highest BCUT2D eigenvalue weighted by atomic mass is 32.1. The highest BCUT2D eigenvalue weighted by Gasteiger charge is 2.13. The predicted molar refractivity (Wildman–Crippen MR) is 73.2 cm³/mol. The number of benzene rings is 1. The van der Waals surface area contributed by atoms with E-state index in [1.807, 2.05) is 47.9 Å². The molecular formula is C13H12N4OS. The van der Waals surface area contributed by atoms with Gasteiger partial charge in [0.2, 0.25) is 0 Å². The zero-order valence-corrected chi connectivity index (χ0v) is 11.1. The molecule has 0 aliphatic heterocycles. The third-order valence-corrected chi connectivity index (χ3v) is 3.11. The number of nitrogens with one attached hydrogen (secondary N) is 1. The second-order valence-electron chi connectivity index (χ2n) is 4.25. The van der Waals surface area contributed by atoms with Gasteiger partial charge in [0.1, 0.15) is 5.76 Å². The third-order valence-electron chi connectivity index (χ3n) is 2.80. The summed E-state index contributed by atoms with van der Waals surface area (Å²) in [6.45, 7) is 2.50. The smallest absolute Gasteiger partial charge is 0.195 e. The number of nitrogens with zero attached hydrogens (tertiary/aromatic N) is 3. The first-order chi connectivity index (χ1) is 9.24. The first-order valence-corrected chi connectivity index (χ1v) is 6.27. The molecule has 0 bridgehead atoms. The molecule has 0 saturated carbocycles. The van der Waals surface area contributed by atoms with Gasteiger partial charge in [0.15, 0.2) is 16.3 Å². The number of aryl methyl sites for hydroxylation is 1. The molecule has 3 aromatic rings. The Morgan fingerprint density at radius 2 is 2.11 bits per heavy atom. The Morgan fingerprint density at radius 1 is 1.32 bits per heavy atom. The maximum atomic E-state index is 5.27. The van der Waals surface area contributed by atoms with Crippen LogP contribution in [0.1, 0.15) is 11.3 Å². The van der Waals surface area contributed by atoms with Crippen molar-refractivity contribution in [3.05, 3.63) is 52.5 Å². The molecule has 1 N–H and O–H groups in total. The predicted octanol–water partition coefficient (Wildman–Crippen LogP) is 2.95. The van der Waals surface area contributed by atoms with E-state index in [1.165, 1.54) is 0 Å². The molecule has 3 rings (SSSR count). The molecule has 0 aliphatic carbocycles. The fourth-order valence-corrected chi connectivity index (χ4v) is 2.09. The second kappa shape index (κ2) is 4.81. The van der Waals surface area contributed by atoms with Gasteiger partial charge in [-0.2, -0.15) is 5.10 Å². The van der Waals surface area contributed by atoms with Crippen LogP contribution in [0.3, 0.4) is 0 Å². The van der Waals surface area contributed by atoms with Crippen LogP contribution in [-0.4, -0.2) is 19.9 Å². The maximum Gasteiger partial charge on any atom is 0.195 e. The van der Waals surface area contributed by atoms with Gasteiger partial charge in [-0.1, -0.05) is 35.5 Å². The van der Waals surface area contributed by atoms with Crippen LogP contribution in [0.25, 0.3) is 11.5 Å². The van der Waals surface area contributed by atoms with Crippen molar-refractivity contribution >= 4 is 12.2 Å². The van der Waals surface area contributed by atoms with E-state index in [2.05, 4.69) is 15.4 Å². The summed E-state index contributed by atoms with van der Waals surface area (Å²) in [5.74, 6) is 1.43. The van der Waals surface area contributed by atoms with Crippen molar-refractivity contribution in [1.29, 1.82) is 0 Å². The summed E-state index contributed by atoms with van der Waals surface area (Å²) >= 11 is 5.27. The minimum atomic E-state index is 0.569. The lowest BCUT2D eigenvalue weighted by Crippen LogP contribution is -2.02. The first kappa shape index (κ1) is 11.9. The summed E-state index contributed by atoms with van der Waals surface area (Å²) < 4.78 is 7.56. The number of hydrogen-bond donors (Lipinski definition) is 1. The number of aromatic amines is 1. The highest BCUT2D eigenvalue weighted by Crippen LogP contribution is 2.18. The topological polar surface area (TPSA) is 59.6 Å². The molecule has 0 atom stereocenters. The third kappa shape index (κ3) is 2.34. The second-order valence-corrected chi connectivity index (χ2v) is 4.63. The normalized spacial score (nSPS) is 10.8. The molecule has 2 heterocycles. The first-order valence-electron chi connectivity index (χ1n) is 5.87. The minimum Gasteiger partial charge on any atom is -0.361 e. The van der Waals surface area contributed by atoms with Crippen molar-refractivity contribution in [2.45, 2.75) is 13.5 Å². The fraction of sp³-hybridized carbons (Fsp3) is 0.154. The Kier molecular flexibility index (Phi) is 3.00. The van der Waals surface area contributed by atoms with E-state index >= 15 is 0 Å². The van der Waals surface area contributed by atoms with Crippen molar-refractivity contribution in [1.82, 2.24) is 19.9 Å². The van der Waals surface area contributed by atoms with Crippen LogP contribution in [0.4, 0.5) is 0 Å². The lowest BCUT2D eigenvalue weighted by Gasteiger charge is -2.04. The Labute approximate surface area is 114 Å². The molecule has 0 aliphatic rings. The molecule has 0 unspecified atom stereocenters. The van der Waals surface area contributed by atoms with Crippen LogP contribution in [0, 0.1) is 11.7 Å². The van der Waals surface area contributed by atoms with E-state index in [9.17, 15) is 0 Å². The van der Waals surface area contributed by atoms with E-state index in [4.69, 9.17) is 16.7 Å². The van der Waals surface area contributed by atoms with E-state index < -0.39 is 0 Å². The van der Waals surface area contributed by atoms with Gasteiger partial charge in [-0.3, -0.25) is 9.67 Å². The van der Waals surface area contributed by atoms with Crippen LogP contribution < -0.4 is 0 Å². The van der Waals surface area contributed by atoms with Crippen LogP contribution >= 0.6 is 12.2 Å². The van der Waals surface area contributed by atoms with Gasteiger partial charge in [-0.25, -0.2) is 0 Å². The Balaban J connectivity index is 2.02. The van der Waals surface area contributed by atoms with E-state index in [0.29, 0.717) is 22.8 Å². The molecule has 0 radical (unpaired) electrons. The van der Waals surface area contributed by atoms with Crippen LogP contribution in [0.5, 0.6) is 0 Å². The molecule has 5 nitrogen and oxygen atoms in total. The number of aromatic nitrogens is 4. The molecule has 0 amide bonds. The van der Waals surface area contributed by atoms with Gasteiger partial charge >= 0.3 is 0 Å². The zero-order valence-electron chi connectivity index (χ0n) is 10.3. The largest absolute Gasteiger partial charge is 0.361 e. The van der Waals surface area contributed by atoms with Crippen LogP contribution in [-0.2, 0) is 6.54 Å². The average molecular weight is 272 g/mol. The summed E-state index contributed by atoms with van der Waals surface area (Å²) in [5.41, 5.74) is 1.84. The van der Waals surface area contributed by atoms with Gasteiger partial charge < -0.3 is 4.52 Å². The molecule has 19 heavy (non-hydrogen) atoms. The van der Waals surface area contributed by atoms with Gasteiger partial charge in [-0.05, 0) is 24.7 Å². The molecule has 0 spiro atoms. The molecule has 0 saturated heterocycles. The highest BCUT2D eigenvalue weighted by molar-refractivity contribution is 7.71. The molecule has 96 valence electrons. The summed E-state index contributed by atoms with van der Waals surface area (Å²) in [4.78, 5) is 0. The number of H-pyrrole nitrogens is 1. The van der Waals surface area contributed by atoms with E-state index in [-0.39, 0.29) is 0 Å². The summed E-state index contributed by atoms with van der Waals surface area (Å²) in [6, 6.07) is 11.9. The molecular weight excluding hydrogens is 260 g/mol. The van der Waals surface area contributed by atoms with Crippen molar-refractivity contribution in [3.8, 4) is 11.5 Å². The Hall–Kier alpha value is -2.21. The molecule has 0 fully saturated rings. The number of hydrogen-bond acceptors (Lipinski definition) is 4. The van der Waals surface area contributed by atoms with Crippen molar-refractivity contribution in [2.75, 3.05) is 0 Å². The average Bonchev–Trinajstić information content (AvgIpc) is 2.99. The monoisotopic (exact) mass is 272 g/mol. The summed E-state index contributed by atoms with van der Waals surface area (Å²) in [7, 11) is 0. The quantitative estimate of drug-likeness (QED) is 0.745. The minimum absolute atomic E-state index is 0.569. The van der Waals surface area contributed by atoms with Gasteiger partial charge in [-0.15, -0.1) is 0 Å². The summed E-state index contributed by atoms with van der Waals surface area (Å²) in [6.07, 6.45) is 0. The maximum absolute atomic E-state index is 5.27. The lowest BCUT2D eigenvalue weighted by molar-refractivity contribution is 0.399. The fourth-order valence-electron chi connectivity index (χ4n) is 1.90. The van der Waals surface area contributed by atoms with Crippen LogP contribution in [0.15, 0.2) is 40.9 Å². The van der Waals surface area contributed by atoms with Crippen LogP contribution in [0.2, 0.25) is 0 Å². The standard InChI is InChI=1S/C13H12N4OS/c1-9-7-11(16-18-9)12-14-15-13(19)17(12)8-10-5-3-2-4-6-10/h2-7H,8H2,1H3,(H,15,19). The van der Waals surface area contributed by atoms with Gasteiger partial charge in [0, 0.05) is 6.07 Å². The Bertz CT molecular complexity index is 741. The van der Waals surface area contributed by atoms with E-state index in [1.54, 1.807) is 0 Å². The Morgan fingerprint density at radius 3 is 2.79 bits per heavy atom. The lowest BCUT2D eigenvalue weighted by atomic mass is 10.2. The van der Waals surface area contributed by atoms with Crippen molar-refractivity contribution in [2.24, 2.45) is 0 Å². The van der Waals surface area contributed by atoms with Gasteiger partial charge in [0.25, 0.3) is 0 Å².